The number of anilines is 1. The van der Waals surface area contributed by atoms with Gasteiger partial charge in [-0.2, -0.15) is 5.10 Å². The van der Waals surface area contributed by atoms with Crippen LogP contribution in [0.15, 0.2) is 60.3 Å². The number of aliphatic hydroxyl groups excluding tert-OH is 1. The van der Waals surface area contributed by atoms with Crippen molar-refractivity contribution >= 4 is 23.3 Å². The van der Waals surface area contributed by atoms with Gasteiger partial charge in [0.15, 0.2) is 5.82 Å². The zero-order chi connectivity index (χ0) is 26.9. The third-order valence-corrected chi connectivity index (χ3v) is 5.27. The zero-order valence-corrected chi connectivity index (χ0v) is 19.9. The fraction of sp³-hybridized carbons (Fsp3) is 0.240. The minimum atomic E-state index is -4.89. The normalized spacial score (nSPS) is 17.4. The quantitative estimate of drug-likeness (QED) is 0.291. The van der Waals surface area contributed by atoms with Gasteiger partial charge in [0.25, 0.3) is 5.78 Å². The summed E-state index contributed by atoms with van der Waals surface area (Å²) in [5.74, 6) is -2.71. The van der Waals surface area contributed by atoms with Gasteiger partial charge in [-0.1, -0.05) is 0 Å². The smallest absolute Gasteiger partial charge is 0.507 e. The predicted octanol–water partition coefficient (Wildman–Crippen LogP) is 4.49. The third-order valence-electron chi connectivity index (χ3n) is 5.27. The summed E-state index contributed by atoms with van der Waals surface area (Å²) in [4.78, 5) is 31.6. The minimum Gasteiger partial charge on any atom is -0.507 e. The Hall–Kier alpha value is -4.48. The number of carbonyl (C=O) groups excluding carboxylic acids is 2. The predicted molar refractivity (Wildman–Crippen MR) is 125 cm³/mol. The molecule has 9 nitrogen and oxygen atoms in total. The first kappa shape index (κ1) is 25.6. The molecule has 3 heterocycles. The van der Waals surface area contributed by atoms with Gasteiger partial charge in [-0.25, -0.2) is 4.98 Å². The van der Waals surface area contributed by atoms with Crippen molar-refractivity contribution in [3.05, 3.63) is 77.1 Å². The Morgan fingerprint density at radius 3 is 2.27 bits per heavy atom. The second-order valence-corrected chi connectivity index (χ2v) is 8.37. The monoisotopic (exact) mass is 514 g/mol. The van der Waals surface area contributed by atoms with E-state index in [1.54, 1.807) is 25.1 Å². The molecular formula is C25H21F3N4O5. The topological polar surface area (TPSA) is 115 Å². The molecule has 1 aliphatic heterocycles. The van der Waals surface area contributed by atoms with Crippen LogP contribution in [0.5, 0.6) is 11.6 Å². The van der Waals surface area contributed by atoms with E-state index in [4.69, 9.17) is 4.74 Å². The number of aryl methyl sites for hydroxylation is 1. The lowest BCUT2D eigenvalue weighted by Gasteiger charge is -2.24. The van der Waals surface area contributed by atoms with Gasteiger partial charge in [-0.15, -0.1) is 18.3 Å². The lowest BCUT2D eigenvalue weighted by molar-refractivity contribution is -0.274. The summed E-state index contributed by atoms with van der Waals surface area (Å²) < 4.78 is 46.9. The molecule has 12 heteroatoms. The number of hydrogen-bond donors (Lipinski definition) is 1. The van der Waals surface area contributed by atoms with Gasteiger partial charge in [0, 0.05) is 17.8 Å². The second-order valence-electron chi connectivity index (χ2n) is 8.37. The largest absolute Gasteiger partial charge is 0.573 e. The van der Waals surface area contributed by atoms with Crippen LogP contribution in [0, 0.1) is 6.92 Å². The fourth-order valence-corrected chi connectivity index (χ4v) is 3.74. The van der Waals surface area contributed by atoms with Crippen LogP contribution < -0.4 is 14.4 Å². The van der Waals surface area contributed by atoms with Crippen LogP contribution in [0.3, 0.4) is 0 Å². The Labute approximate surface area is 209 Å². The third kappa shape index (κ3) is 5.52. The highest BCUT2D eigenvalue weighted by molar-refractivity contribution is 6.51. The van der Waals surface area contributed by atoms with Crippen molar-refractivity contribution in [3.63, 3.8) is 0 Å². The number of amides is 1. The van der Waals surface area contributed by atoms with Crippen LogP contribution in [-0.4, -0.2) is 44.4 Å². The maximum absolute atomic E-state index is 13.1. The van der Waals surface area contributed by atoms with Crippen molar-refractivity contribution in [1.82, 2.24) is 15.2 Å². The number of Topliss-reactive ketones (excluding diaryl/α,β-unsaturated/α-hetero) is 1. The zero-order valence-electron chi connectivity index (χ0n) is 19.9. The number of alkyl halides is 3. The van der Waals surface area contributed by atoms with E-state index in [2.05, 4.69) is 19.9 Å². The number of ether oxygens (including phenoxy) is 2. The van der Waals surface area contributed by atoms with E-state index in [0.29, 0.717) is 17.1 Å². The van der Waals surface area contributed by atoms with Crippen molar-refractivity contribution in [2.75, 3.05) is 4.90 Å². The van der Waals surface area contributed by atoms with Gasteiger partial charge in [0.1, 0.15) is 11.5 Å². The van der Waals surface area contributed by atoms with Crippen LogP contribution in [0.1, 0.15) is 36.7 Å². The molecule has 1 atom stereocenters. The lowest BCUT2D eigenvalue weighted by Crippen LogP contribution is -2.30. The highest BCUT2D eigenvalue weighted by atomic mass is 19.4. The van der Waals surface area contributed by atoms with E-state index in [0.717, 1.165) is 29.2 Å². The molecule has 3 aromatic rings. The van der Waals surface area contributed by atoms with Gasteiger partial charge < -0.3 is 14.6 Å². The summed E-state index contributed by atoms with van der Waals surface area (Å²) in [7, 11) is 0. The van der Waals surface area contributed by atoms with Crippen molar-refractivity contribution < 1.29 is 37.3 Å². The molecule has 0 saturated carbocycles. The Morgan fingerprint density at radius 1 is 1.03 bits per heavy atom. The molecule has 1 N–H and O–H groups in total. The molecule has 0 radical (unpaired) electrons. The molecule has 0 aliphatic carbocycles. The number of ketones is 1. The molecule has 2 aromatic heterocycles. The molecule has 1 fully saturated rings. The van der Waals surface area contributed by atoms with Crippen LogP contribution in [-0.2, 0) is 9.59 Å². The first-order valence-electron chi connectivity index (χ1n) is 11.0. The molecule has 1 saturated heterocycles. The minimum absolute atomic E-state index is 0.000218. The second kappa shape index (κ2) is 9.88. The molecular weight excluding hydrogens is 493 g/mol. The number of pyridine rings is 1. The number of hydrogen-bond acceptors (Lipinski definition) is 8. The molecule has 0 spiro atoms. The van der Waals surface area contributed by atoms with Gasteiger partial charge >= 0.3 is 12.3 Å². The van der Waals surface area contributed by atoms with Gasteiger partial charge in [0.05, 0.1) is 23.4 Å². The van der Waals surface area contributed by atoms with E-state index < -0.39 is 35.6 Å². The summed E-state index contributed by atoms with van der Waals surface area (Å²) >= 11 is 0. The number of aliphatic hydroxyl groups is 1. The molecule has 4 rings (SSSR count). The van der Waals surface area contributed by atoms with Crippen LogP contribution >= 0.6 is 0 Å². The average Bonchev–Trinajstić information content (AvgIpc) is 3.09. The lowest BCUT2D eigenvalue weighted by atomic mass is 9.96. The molecule has 1 aliphatic rings. The number of halogens is 3. The highest BCUT2D eigenvalue weighted by Crippen LogP contribution is 2.41. The summed E-state index contributed by atoms with van der Waals surface area (Å²) in [5, 5.41) is 19.1. The molecule has 37 heavy (non-hydrogen) atoms. The molecule has 1 unspecified atom stereocenters. The van der Waals surface area contributed by atoms with Gasteiger partial charge in [-0.05, 0) is 68.8 Å². The number of rotatable bonds is 6. The maximum atomic E-state index is 13.1. The number of nitrogens with zero attached hydrogens (tertiary/aromatic N) is 4. The number of aromatic nitrogens is 3. The van der Waals surface area contributed by atoms with Crippen LogP contribution in [0.4, 0.5) is 19.0 Å². The highest BCUT2D eigenvalue weighted by Gasteiger charge is 2.48. The van der Waals surface area contributed by atoms with E-state index in [9.17, 15) is 27.9 Å². The first-order chi connectivity index (χ1) is 17.4. The van der Waals surface area contributed by atoms with Crippen LogP contribution in [0.25, 0.3) is 5.76 Å². The van der Waals surface area contributed by atoms with Gasteiger partial charge in [-0.3, -0.25) is 14.5 Å². The molecule has 1 aromatic carbocycles. The summed E-state index contributed by atoms with van der Waals surface area (Å²) in [6.07, 6.45) is -3.64. The number of benzene rings is 1. The van der Waals surface area contributed by atoms with E-state index in [-0.39, 0.29) is 23.1 Å². The summed E-state index contributed by atoms with van der Waals surface area (Å²) in [6.45, 7) is 5.35. The Morgan fingerprint density at radius 2 is 1.73 bits per heavy atom. The number of carbonyl (C=O) groups is 2. The summed E-state index contributed by atoms with van der Waals surface area (Å²) in [6, 6.07) is 9.36. The average molecular weight is 514 g/mol. The summed E-state index contributed by atoms with van der Waals surface area (Å²) in [5.41, 5.74) is 0.641. The Kier molecular flexibility index (Phi) is 6.84. The molecule has 1 amide bonds. The van der Waals surface area contributed by atoms with Crippen molar-refractivity contribution in [2.45, 2.75) is 39.3 Å². The Balaban J connectivity index is 1.82. The first-order valence-corrected chi connectivity index (χ1v) is 11.0. The van der Waals surface area contributed by atoms with Gasteiger partial charge in [0.2, 0.25) is 5.88 Å². The maximum Gasteiger partial charge on any atom is 0.573 e. The van der Waals surface area contributed by atoms with E-state index >= 15 is 0 Å². The molecule has 0 bridgehead atoms. The molecule has 192 valence electrons. The van der Waals surface area contributed by atoms with E-state index in [1.807, 2.05) is 13.8 Å². The fourth-order valence-electron chi connectivity index (χ4n) is 3.74. The standard InChI is InChI=1S/C25H21F3N4O5/c1-13(2)36-19-11-7-16(12-29-19)21-20(22(33)15-5-8-17(9-6-15)37-25(26,27)28)23(34)24(35)32(21)18-10-4-14(3)30-31-18/h4-13,21,33H,1-3H3. The Bertz CT molecular complexity index is 1340. The van der Waals surface area contributed by atoms with Crippen molar-refractivity contribution in [1.29, 1.82) is 0 Å². The SMILES string of the molecule is Cc1ccc(N2C(=O)C(=O)C(=C(O)c3ccc(OC(F)(F)F)cc3)C2c2ccc(OC(C)C)nc2)nn1. The van der Waals surface area contributed by atoms with Crippen molar-refractivity contribution in [3.8, 4) is 11.6 Å². The van der Waals surface area contributed by atoms with Crippen LogP contribution in [0.2, 0.25) is 0 Å². The van der Waals surface area contributed by atoms with Crippen molar-refractivity contribution in [2.24, 2.45) is 0 Å². The van der Waals surface area contributed by atoms with E-state index in [1.165, 1.54) is 12.3 Å².